The van der Waals surface area contributed by atoms with Crippen molar-refractivity contribution in [2.75, 3.05) is 18.1 Å². The van der Waals surface area contributed by atoms with Crippen molar-refractivity contribution in [3.05, 3.63) is 172 Å². The quantitative estimate of drug-likeness (QED) is 0.166. The third kappa shape index (κ3) is 6.21. The summed E-state index contributed by atoms with van der Waals surface area (Å²) >= 11 is 3.77. The molecule has 2 heterocycles. The van der Waals surface area contributed by atoms with E-state index in [-0.39, 0.29) is 11.7 Å². The molecule has 0 bridgehead atoms. The Morgan fingerprint density at radius 1 is 0.766 bits per heavy atom. The second kappa shape index (κ2) is 14.6. The fourth-order valence-corrected chi connectivity index (χ4v) is 7.68. The van der Waals surface area contributed by atoms with Gasteiger partial charge in [-0.3, -0.25) is 14.9 Å². The second-order valence-electron chi connectivity index (χ2n) is 11.8. The Bertz CT molecular complexity index is 1810. The number of hydrogen-bond donors (Lipinski definition) is 1. The van der Waals surface area contributed by atoms with E-state index in [2.05, 4.69) is 33.4 Å². The first-order valence-corrected chi connectivity index (χ1v) is 17.0. The van der Waals surface area contributed by atoms with Crippen LogP contribution >= 0.6 is 15.9 Å². The molecule has 2 aliphatic rings. The van der Waals surface area contributed by atoms with Crippen molar-refractivity contribution in [1.82, 2.24) is 5.32 Å². The van der Waals surface area contributed by atoms with Crippen LogP contribution < -0.4 is 10.2 Å². The molecule has 0 radical (unpaired) electrons. The van der Waals surface area contributed by atoms with Crippen LogP contribution in [-0.4, -0.2) is 24.9 Å². The molecule has 1 N–H and O–H groups in total. The highest BCUT2D eigenvalue weighted by molar-refractivity contribution is 9.10. The summed E-state index contributed by atoms with van der Waals surface area (Å²) in [5.41, 5.74) is 4.22. The average Bonchev–Trinajstić information content (AvgIpc) is 3.59. The smallest absolute Gasteiger partial charge is 0.252 e. The number of carbonyl (C=O) groups is 2. The van der Waals surface area contributed by atoms with E-state index in [9.17, 15) is 4.79 Å². The Labute approximate surface area is 285 Å². The van der Waals surface area contributed by atoms with Gasteiger partial charge in [0, 0.05) is 46.5 Å². The Morgan fingerprint density at radius 3 is 1.98 bits per heavy atom. The van der Waals surface area contributed by atoms with Crippen molar-refractivity contribution >= 4 is 33.3 Å². The van der Waals surface area contributed by atoms with Crippen molar-refractivity contribution in [3.8, 4) is 0 Å². The summed E-state index contributed by atoms with van der Waals surface area (Å²) in [6.07, 6.45) is 0. The zero-order chi connectivity index (χ0) is 32.8. The molecule has 1 amide bonds. The van der Waals surface area contributed by atoms with Crippen LogP contribution in [0.2, 0.25) is 0 Å². The number of anilines is 1. The number of nitrogens with one attached hydrogen (secondary N) is 1. The van der Waals surface area contributed by atoms with E-state index in [1.165, 1.54) is 0 Å². The normalized spacial score (nSPS) is 21.3. The van der Waals surface area contributed by atoms with Crippen molar-refractivity contribution < 1.29 is 14.3 Å². The number of carbonyl (C=O) groups excluding carboxylic acids is 2. The summed E-state index contributed by atoms with van der Waals surface area (Å²) in [7, 11) is 0. The highest BCUT2D eigenvalue weighted by Gasteiger charge is 2.65. The van der Waals surface area contributed by atoms with Crippen molar-refractivity contribution in [1.29, 1.82) is 0 Å². The molecule has 5 aromatic rings. The number of fused-ring (bicyclic) bond motifs is 2. The molecule has 0 aromatic heterocycles. The van der Waals surface area contributed by atoms with Crippen LogP contribution in [0.15, 0.2) is 144 Å². The summed E-state index contributed by atoms with van der Waals surface area (Å²) in [4.78, 5) is 31.6. The number of para-hydroxylation sites is 1. The van der Waals surface area contributed by atoms with E-state index in [1.807, 2.05) is 146 Å². The lowest BCUT2D eigenvalue weighted by Gasteiger charge is -2.33. The lowest BCUT2D eigenvalue weighted by atomic mass is 9.69. The Kier molecular flexibility index (Phi) is 10.1. The maximum Gasteiger partial charge on any atom is 0.252 e. The highest BCUT2D eigenvalue weighted by atomic mass is 79.9. The van der Waals surface area contributed by atoms with E-state index in [4.69, 9.17) is 4.74 Å². The minimum Gasteiger partial charge on any atom is -0.382 e. The number of ketones is 1. The van der Waals surface area contributed by atoms with Gasteiger partial charge in [0.25, 0.3) is 5.91 Å². The molecule has 5 nitrogen and oxygen atoms in total. The first kappa shape index (κ1) is 32.6. The van der Waals surface area contributed by atoms with Crippen LogP contribution in [0.1, 0.15) is 58.4 Å². The predicted molar refractivity (Wildman–Crippen MR) is 191 cm³/mol. The lowest BCUT2D eigenvalue weighted by Crippen LogP contribution is -2.50. The van der Waals surface area contributed by atoms with Gasteiger partial charge in [-0.2, -0.15) is 0 Å². The van der Waals surface area contributed by atoms with E-state index < -0.39 is 23.4 Å². The van der Waals surface area contributed by atoms with Gasteiger partial charge in [-0.1, -0.05) is 143 Å². The van der Waals surface area contributed by atoms with Gasteiger partial charge in [0.15, 0.2) is 5.78 Å². The standard InChI is InChI=1S/C37H29BrN2O2.C4H10O/c38-30-22-12-10-20-28(30)34-32(35(41)27-18-8-3-9-19-27)33(26-16-6-2-7-17-26)37(39-34)29-21-11-13-23-31(29)40(36(37)42)24-25-14-4-1-5-15-25;1-3-5-4-2/h1-23,32-34,39H,24H2;3-4H2,1-2H3/t32-,33-,34-,37+;/m0./s1. The summed E-state index contributed by atoms with van der Waals surface area (Å²) in [5, 5.41) is 3.85. The fourth-order valence-electron chi connectivity index (χ4n) is 7.15. The van der Waals surface area contributed by atoms with Gasteiger partial charge in [-0.05, 0) is 42.7 Å². The predicted octanol–water partition coefficient (Wildman–Crippen LogP) is 8.86. The molecular weight excluding hydrogens is 648 g/mol. The molecule has 5 aromatic carbocycles. The summed E-state index contributed by atoms with van der Waals surface area (Å²) in [5.74, 6) is -1.04. The minimum atomic E-state index is -1.15. The zero-order valence-electron chi connectivity index (χ0n) is 26.7. The molecule has 47 heavy (non-hydrogen) atoms. The summed E-state index contributed by atoms with van der Waals surface area (Å²) < 4.78 is 5.73. The van der Waals surface area contributed by atoms with Crippen LogP contribution in [0.25, 0.3) is 0 Å². The Hall–Kier alpha value is -4.36. The van der Waals surface area contributed by atoms with Crippen molar-refractivity contribution in [3.63, 3.8) is 0 Å². The molecule has 0 aliphatic carbocycles. The number of ether oxygens (including phenoxy) is 1. The minimum absolute atomic E-state index is 0.0152. The van der Waals surface area contributed by atoms with E-state index in [1.54, 1.807) is 0 Å². The van der Waals surface area contributed by atoms with Crippen LogP contribution in [0, 0.1) is 5.92 Å². The lowest BCUT2D eigenvalue weighted by molar-refractivity contribution is -0.124. The Morgan fingerprint density at radius 2 is 1.34 bits per heavy atom. The molecule has 1 saturated heterocycles. The zero-order valence-corrected chi connectivity index (χ0v) is 28.3. The summed E-state index contributed by atoms with van der Waals surface area (Å²) in [6.45, 7) is 6.11. The molecule has 2 aliphatic heterocycles. The van der Waals surface area contributed by atoms with Gasteiger partial charge in [0.2, 0.25) is 0 Å². The first-order valence-electron chi connectivity index (χ1n) is 16.2. The van der Waals surface area contributed by atoms with Gasteiger partial charge in [-0.25, -0.2) is 0 Å². The molecule has 4 atom stereocenters. The topological polar surface area (TPSA) is 58.6 Å². The van der Waals surface area contributed by atoms with Crippen molar-refractivity contribution in [2.24, 2.45) is 5.92 Å². The van der Waals surface area contributed by atoms with E-state index >= 15 is 4.79 Å². The monoisotopic (exact) mass is 686 g/mol. The van der Waals surface area contributed by atoms with E-state index in [0.29, 0.717) is 12.1 Å². The number of amides is 1. The number of hydrogen-bond acceptors (Lipinski definition) is 4. The molecule has 0 unspecified atom stereocenters. The van der Waals surface area contributed by atoms with Gasteiger partial charge in [0.1, 0.15) is 5.54 Å². The van der Waals surface area contributed by atoms with Crippen LogP contribution in [0.4, 0.5) is 5.69 Å². The molecule has 238 valence electrons. The number of benzene rings is 5. The van der Waals surface area contributed by atoms with Gasteiger partial charge >= 0.3 is 0 Å². The number of Topliss-reactive ketones (excluding diaryl/α,β-unsaturated/α-hetero) is 1. The van der Waals surface area contributed by atoms with Crippen LogP contribution in [0.5, 0.6) is 0 Å². The third-order valence-corrected chi connectivity index (χ3v) is 9.84. The molecule has 0 saturated carbocycles. The van der Waals surface area contributed by atoms with Gasteiger partial charge in [0.05, 0.1) is 12.5 Å². The second-order valence-corrected chi connectivity index (χ2v) is 12.6. The molecule has 6 heteroatoms. The SMILES string of the molecule is CCOCC.O=C(c1ccccc1)[C@@H]1[C@H](c2ccccc2Br)N[C@@]2(C(=O)N(Cc3ccccc3)c3ccccc32)[C@H]1c1ccccc1. The number of nitrogens with zero attached hydrogens (tertiary/aromatic N) is 1. The molecule has 1 fully saturated rings. The molecule has 7 rings (SSSR count). The summed E-state index contributed by atoms with van der Waals surface area (Å²) in [6, 6.07) is 45.2. The first-order chi connectivity index (χ1) is 23.0. The van der Waals surface area contributed by atoms with E-state index in [0.717, 1.165) is 45.6 Å². The maximum atomic E-state index is 15.1. The van der Waals surface area contributed by atoms with Gasteiger partial charge < -0.3 is 9.64 Å². The van der Waals surface area contributed by atoms with Crippen LogP contribution in [-0.2, 0) is 21.6 Å². The third-order valence-electron chi connectivity index (χ3n) is 9.12. The fraction of sp³-hybridized carbons (Fsp3) is 0.220. The van der Waals surface area contributed by atoms with Gasteiger partial charge in [-0.15, -0.1) is 0 Å². The average molecular weight is 688 g/mol. The highest BCUT2D eigenvalue weighted by Crippen LogP contribution is 2.60. The Balaban J connectivity index is 0.000000720. The number of rotatable bonds is 8. The van der Waals surface area contributed by atoms with Crippen LogP contribution in [0.3, 0.4) is 0 Å². The largest absolute Gasteiger partial charge is 0.382 e. The maximum absolute atomic E-state index is 15.1. The number of halogens is 1. The van der Waals surface area contributed by atoms with Crippen molar-refractivity contribution in [2.45, 2.75) is 37.9 Å². The molecule has 1 spiro atoms. The molecular formula is C41H39BrN2O3.